The van der Waals surface area contributed by atoms with Gasteiger partial charge in [0.2, 0.25) is 0 Å². The predicted octanol–water partition coefficient (Wildman–Crippen LogP) is 2.19. The SMILES string of the molecule is COC1(C(Cc2ccn(C(C)C)n2)NN)CCCCC1. The van der Waals surface area contributed by atoms with Crippen LogP contribution in [0, 0.1) is 0 Å². The van der Waals surface area contributed by atoms with E-state index in [0.29, 0.717) is 6.04 Å². The van der Waals surface area contributed by atoms with E-state index in [9.17, 15) is 0 Å². The van der Waals surface area contributed by atoms with Crippen molar-refractivity contribution in [1.82, 2.24) is 15.2 Å². The molecule has 1 atom stereocenters. The monoisotopic (exact) mass is 280 g/mol. The molecule has 0 spiro atoms. The van der Waals surface area contributed by atoms with Gasteiger partial charge in [0.05, 0.1) is 17.3 Å². The van der Waals surface area contributed by atoms with Crippen molar-refractivity contribution < 1.29 is 4.74 Å². The second kappa shape index (κ2) is 6.70. The first kappa shape index (κ1) is 15.5. The molecule has 5 nitrogen and oxygen atoms in total. The van der Waals surface area contributed by atoms with Crippen LogP contribution in [0.3, 0.4) is 0 Å². The minimum absolute atomic E-state index is 0.114. The van der Waals surface area contributed by atoms with E-state index in [4.69, 9.17) is 10.6 Å². The van der Waals surface area contributed by atoms with Crippen molar-refractivity contribution in [3.8, 4) is 0 Å². The zero-order valence-electron chi connectivity index (χ0n) is 12.9. The van der Waals surface area contributed by atoms with Crippen LogP contribution in [0.15, 0.2) is 12.3 Å². The second-order valence-corrected chi connectivity index (χ2v) is 6.13. The normalized spacial score (nSPS) is 20.2. The highest BCUT2D eigenvalue weighted by Crippen LogP contribution is 2.35. The van der Waals surface area contributed by atoms with Crippen molar-refractivity contribution in [1.29, 1.82) is 0 Å². The van der Waals surface area contributed by atoms with Crippen LogP contribution in [0.5, 0.6) is 0 Å². The van der Waals surface area contributed by atoms with Gasteiger partial charge in [0, 0.05) is 25.8 Å². The summed E-state index contributed by atoms with van der Waals surface area (Å²) in [6.45, 7) is 4.26. The molecule has 0 amide bonds. The maximum absolute atomic E-state index is 5.88. The lowest BCUT2D eigenvalue weighted by Gasteiger charge is -2.42. The van der Waals surface area contributed by atoms with Crippen molar-refractivity contribution in [2.75, 3.05) is 7.11 Å². The van der Waals surface area contributed by atoms with Crippen molar-refractivity contribution in [3.63, 3.8) is 0 Å². The summed E-state index contributed by atoms with van der Waals surface area (Å²) in [6, 6.07) is 2.58. The summed E-state index contributed by atoms with van der Waals surface area (Å²) in [6.07, 6.45) is 8.72. The molecule has 2 rings (SSSR count). The summed E-state index contributed by atoms with van der Waals surface area (Å²) in [5.41, 5.74) is 3.90. The number of ether oxygens (including phenoxy) is 1. The van der Waals surface area contributed by atoms with E-state index >= 15 is 0 Å². The van der Waals surface area contributed by atoms with E-state index in [1.165, 1.54) is 19.3 Å². The molecule has 20 heavy (non-hydrogen) atoms. The average molecular weight is 280 g/mol. The Labute approximate surface area is 121 Å². The molecule has 1 heterocycles. The first-order chi connectivity index (χ1) is 9.61. The van der Waals surface area contributed by atoms with Crippen LogP contribution < -0.4 is 11.3 Å². The van der Waals surface area contributed by atoms with Crippen molar-refractivity contribution in [3.05, 3.63) is 18.0 Å². The van der Waals surface area contributed by atoms with Crippen LogP contribution in [-0.4, -0.2) is 28.5 Å². The number of aromatic nitrogens is 2. The van der Waals surface area contributed by atoms with Crippen LogP contribution in [0.4, 0.5) is 0 Å². The van der Waals surface area contributed by atoms with Crippen LogP contribution in [-0.2, 0) is 11.2 Å². The summed E-state index contributed by atoms with van der Waals surface area (Å²) in [7, 11) is 1.81. The van der Waals surface area contributed by atoms with Crippen LogP contribution >= 0.6 is 0 Å². The highest BCUT2D eigenvalue weighted by molar-refractivity contribution is 5.06. The maximum Gasteiger partial charge on any atom is 0.0848 e. The number of hydrazine groups is 1. The first-order valence-corrected chi connectivity index (χ1v) is 7.66. The van der Waals surface area contributed by atoms with Gasteiger partial charge in [0.25, 0.3) is 0 Å². The van der Waals surface area contributed by atoms with Gasteiger partial charge in [-0.2, -0.15) is 5.10 Å². The summed E-state index contributed by atoms with van der Waals surface area (Å²) in [5, 5.41) is 4.62. The van der Waals surface area contributed by atoms with E-state index in [0.717, 1.165) is 25.0 Å². The van der Waals surface area contributed by atoms with E-state index in [2.05, 4.69) is 30.4 Å². The highest BCUT2D eigenvalue weighted by Gasteiger charge is 2.39. The predicted molar refractivity (Wildman–Crippen MR) is 80.3 cm³/mol. The van der Waals surface area contributed by atoms with E-state index in [1.54, 1.807) is 0 Å². The molecular weight excluding hydrogens is 252 g/mol. The third-order valence-electron chi connectivity index (χ3n) is 4.55. The van der Waals surface area contributed by atoms with Gasteiger partial charge in [-0.1, -0.05) is 19.3 Å². The molecule has 0 radical (unpaired) electrons. The molecule has 0 aliphatic heterocycles. The summed E-state index contributed by atoms with van der Waals surface area (Å²) in [4.78, 5) is 0. The van der Waals surface area contributed by atoms with Crippen LogP contribution in [0.2, 0.25) is 0 Å². The Bertz CT molecular complexity index is 410. The van der Waals surface area contributed by atoms with Gasteiger partial charge in [0.15, 0.2) is 0 Å². The molecule has 1 aromatic heterocycles. The van der Waals surface area contributed by atoms with Gasteiger partial charge >= 0.3 is 0 Å². The molecule has 1 fully saturated rings. The molecule has 1 unspecified atom stereocenters. The Hall–Kier alpha value is -0.910. The lowest BCUT2D eigenvalue weighted by atomic mass is 9.78. The molecule has 1 saturated carbocycles. The minimum atomic E-state index is -0.144. The molecule has 1 aromatic rings. The molecule has 114 valence electrons. The lowest BCUT2D eigenvalue weighted by molar-refractivity contribution is -0.0676. The third-order valence-corrected chi connectivity index (χ3v) is 4.55. The molecule has 5 heteroatoms. The first-order valence-electron chi connectivity index (χ1n) is 7.66. The third kappa shape index (κ3) is 3.22. The van der Waals surface area contributed by atoms with E-state index in [1.807, 2.05) is 18.0 Å². The molecule has 1 aliphatic carbocycles. The number of hydrogen-bond donors (Lipinski definition) is 2. The second-order valence-electron chi connectivity index (χ2n) is 6.13. The van der Waals surface area contributed by atoms with Gasteiger partial charge in [-0.15, -0.1) is 0 Å². The Morgan fingerprint density at radius 2 is 2.10 bits per heavy atom. The molecule has 0 aromatic carbocycles. The number of methoxy groups -OCH3 is 1. The van der Waals surface area contributed by atoms with E-state index in [-0.39, 0.29) is 11.6 Å². The summed E-state index contributed by atoms with van der Waals surface area (Å²) < 4.78 is 7.87. The van der Waals surface area contributed by atoms with Gasteiger partial charge in [-0.25, -0.2) is 0 Å². The summed E-state index contributed by atoms with van der Waals surface area (Å²) >= 11 is 0. The number of nitrogens with zero attached hydrogens (tertiary/aromatic N) is 2. The van der Waals surface area contributed by atoms with Crippen LogP contribution in [0.1, 0.15) is 57.7 Å². The molecule has 0 saturated heterocycles. The molecular formula is C15H28N4O. The molecule has 0 bridgehead atoms. The Morgan fingerprint density at radius 3 is 2.60 bits per heavy atom. The van der Waals surface area contributed by atoms with E-state index < -0.39 is 0 Å². The van der Waals surface area contributed by atoms with Gasteiger partial charge in [0.1, 0.15) is 0 Å². The standard InChI is InChI=1S/C15H28N4O/c1-12(2)19-10-7-13(18-19)11-14(17-16)15(20-3)8-5-4-6-9-15/h7,10,12,14,17H,4-6,8-9,11,16H2,1-3H3. The topological polar surface area (TPSA) is 65.1 Å². The van der Waals surface area contributed by atoms with Crippen LogP contribution in [0.25, 0.3) is 0 Å². The van der Waals surface area contributed by atoms with Crippen molar-refractivity contribution >= 4 is 0 Å². The number of hydrogen-bond acceptors (Lipinski definition) is 4. The minimum Gasteiger partial charge on any atom is -0.377 e. The largest absolute Gasteiger partial charge is 0.377 e. The zero-order chi connectivity index (χ0) is 14.6. The number of rotatable bonds is 6. The Balaban J connectivity index is 2.10. The molecule has 3 N–H and O–H groups in total. The van der Waals surface area contributed by atoms with Gasteiger partial charge in [-0.3, -0.25) is 16.0 Å². The van der Waals surface area contributed by atoms with Crippen molar-refractivity contribution in [2.45, 2.75) is 70.1 Å². The highest BCUT2D eigenvalue weighted by atomic mass is 16.5. The zero-order valence-corrected chi connectivity index (χ0v) is 12.9. The Morgan fingerprint density at radius 1 is 1.40 bits per heavy atom. The maximum atomic E-state index is 5.88. The fourth-order valence-corrected chi connectivity index (χ4v) is 3.22. The quantitative estimate of drug-likeness (QED) is 0.619. The molecule has 1 aliphatic rings. The fourth-order valence-electron chi connectivity index (χ4n) is 3.22. The lowest BCUT2D eigenvalue weighted by Crippen LogP contribution is -2.56. The van der Waals surface area contributed by atoms with Gasteiger partial charge in [-0.05, 0) is 32.8 Å². The number of nitrogens with one attached hydrogen (secondary N) is 1. The smallest absolute Gasteiger partial charge is 0.0848 e. The van der Waals surface area contributed by atoms with Crippen molar-refractivity contribution in [2.24, 2.45) is 5.84 Å². The Kier molecular flexibility index (Phi) is 5.18. The number of nitrogens with two attached hydrogens (primary N) is 1. The average Bonchev–Trinajstić information content (AvgIpc) is 2.94. The summed E-state index contributed by atoms with van der Waals surface area (Å²) in [5.74, 6) is 5.81. The van der Waals surface area contributed by atoms with Gasteiger partial charge < -0.3 is 4.74 Å². The fraction of sp³-hybridized carbons (Fsp3) is 0.800.